The van der Waals surface area contributed by atoms with Gasteiger partial charge in [-0.05, 0) is 63.7 Å². The second-order valence-electron chi connectivity index (χ2n) is 12.5. The minimum Gasteiger partial charge on any atom is -0.381 e. The number of likely N-dealkylation sites (tertiary alicyclic amines) is 1. The van der Waals surface area contributed by atoms with E-state index in [2.05, 4.69) is 28.9 Å². The van der Waals surface area contributed by atoms with E-state index in [0.717, 1.165) is 25.7 Å². The number of carbonyl (C=O) groups excluding carboxylic acids is 2. The first-order valence-electron chi connectivity index (χ1n) is 14.8. The number of carbonyl (C=O) groups is 2. The minimum atomic E-state index is -2.53. The molecule has 3 heterocycles. The Kier molecular flexibility index (Phi) is 9.54. The number of nitrogens with zero attached hydrogens (tertiary/aromatic N) is 2. The lowest BCUT2D eigenvalue weighted by atomic mass is 9.66. The van der Waals surface area contributed by atoms with Gasteiger partial charge in [-0.1, -0.05) is 0 Å². The number of hydrogen-bond acceptors (Lipinski definition) is 7. The fourth-order valence-electron chi connectivity index (χ4n) is 7.79. The second kappa shape index (κ2) is 12.8. The van der Waals surface area contributed by atoms with Crippen LogP contribution >= 0.6 is 11.8 Å². The Hall–Kier alpha value is -1.55. The fraction of sp³-hybridized carbons (Fsp3) is 0.893. The van der Waals surface area contributed by atoms with Crippen molar-refractivity contribution in [2.75, 3.05) is 26.7 Å². The van der Waals surface area contributed by atoms with E-state index in [4.69, 9.17) is 4.74 Å². The highest BCUT2D eigenvalue weighted by Crippen LogP contribution is 2.42. The zero-order chi connectivity index (χ0) is 28.6. The van der Waals surface area contributed by atoms with E-state index in [9.17, 15) is 28.0 Å². The number of methoxy groups -OCH3 is 1. The Labute approximate surface area is 238 Å². The van der Waals surface area contributed by atoms with Crippen molar-refractivity contribution in [3.63, 3.8) is 0 Å². The first-order chi connectivity index (χ1) is 19.2. The summed E-state index contributed by atoms with van der Waals surface area (Å²) in [6, 6.07) is 2.65. The molecule has 2 saturated carbocycles. The van der Waals surface area contributed by atoms with E-state index in [0.29, 0.717) is 19.6 Å². The predicted molar refractivity (Wildman–Crippen MR) is 145 cm³/mol. The minimum absolute atomic E-state index is 0.00612. The van der Waals surface area contributed by atoms with Gasteiger partial charge in [0.25, 0.3) is 0 Å². The molecule has 0 aromatic carbocycles. The maximum absolute atomic E-state index is 14.6. The number of hydrogen-bond donors (Lipinski definition) is 3. The number of halogens is 3. The van der Waals surface area contributed by atoms with E-state index in [-0.39, 0.29) is 83.7 Å². The Morgan fingerprint density at radius 2 is 1.90 bits per heavy atom. The number of thioether (sulfide) groups is 1. The van der Waals surface area contributed by atoms with Gasteiger partial charge in [-0.25, -0.2) is 13.2 Å². The van der Waals surface area contributed by atoms with Gasteiger partial charge in [0.15, 0.2) is 0 Å². The summed E-state index contributed by atoms with van der Waals surface area (Å²) < 4.78 is 46.8. The van der Waals surface area contributed by atoms with Crippen LogP contribution < -0.4 is 16.0 Å². The summed E-state index contributed by atoms with van der Waals surface area (Å²) in [6.45, 7) is 3.49. The number of piperidine rings is 1. The van der Waals surface area contributed by atoms with Gasteiger partial charge >= 0.3 is 0 Å². The maximum Gasteiger partial charge on any atom is 0.241 e. The maximum atomic E-state index is 14.6. The highest BCUT2D eigenvalue weighted by Gasteiger charge is 2.49. The van der Waals surface area contributed by atoms with Gasteiger partial charge in [0.2, 0.25) is 18.2 Å². The zero-order valence-corrected chi connectivity index (χ0v) is 24.1. The molecule has 40 heavy (non-hydrogen) atoms. The SMILES string of the molecule is COC1CCC(C#N)CC1C1CC(C)NCC1C(=O)NC1NC2CN(C(=O)C3CC(C(F)F)CCC3F)CC2S1. The van der Waals surface area contributed by atoms with Crippen LogP contribution in [0.4, 0.5) is 13.2 Å². The largest absolute Gasteiger partial charge is 0.381 e. The molecule has 12 unspecified atom stereocenters. The molecule has 2 amide bonds. The van der Waals surface area contributed by atoms with Gasteiger partial charge in [-0.3, -0.25) is 14.9 Å². The van der Waals surface area contributed by atoms with Gasteiger partial charge in [0.1, 0.15) is 11.7 Å². The molecule has 5 fully saturated rings. The molecule has 2 aliphatic carbocycles. The molecule has 0 aromatic rings. The summed E-state index contributed by atoms with van der Waals surface area (Å²) in [7, 11) is 1.72. The molecule has 224 valence electrons. The smallest absolute Gasteiger partial charge is 0.241 e. The molecule has 5 rings (SSSR count). The van der Waals surface area contributed by atoms with Crippen molar-refractivity contribution in [3.05, 3.63) is 0 Å². The number of rotatable bonds is 6. The Morgan fingerprint density at radius 1 is 1.10 bits per heavy atom. The van der Waals surface area contributed by atoms with Crippen molar-refractivity contribution in [1.82, 2.24) is 20.9 Å². The highest BCUT2D eigenvalue weighted by atomic mass is 32.2. The predicted octanol–water partition coefficient (Wildman–Crippen LogP) is 2.89. The van der Waals surface area contributed by atoms with Crippen LogP contribution in [-0.2, 0) is 14.3 Å². The molecule has 0 bridgehead atoms. The first-order valence-corrected chi connectivity index (χ1v) is 15.7. The molecule has 0 aromatic heterocycles. The van der Waals surface area contributed by atoms with E-state index in [1.165, 1.54) is 0 Å². The normalized spacial score (nSPS) is 43.8. The molecular weight excluding hydrogens is 543 g/mol. The van der Waals surface area contributed by atoms with Gasteiger partial charge in [-0.2, -0.15) is 5.26 Å². The standard InChI is InChI=1S/C28H42F3N5O3S/c1-14-7-17(18-8-15(10-32)3-6-23(18)39-2)20(11-33-14)26(37)35-28-34-22-12-36(13-24(22)40-28)27(38)19-9-16(25(30)31)4-5-21(19)29/h14-25,28,33-34H,3-9,11-13H2,1-2H3,(H,35,37). The summed E-state index contributed by atoms with van der Waals surface area (Å²) in [5.74, 6) is -2.31. The molecule has 0 radical (unpaired) electrons. The summed E-state index contributed by atoms with van der Waals surface area (Å²) in [4.78, 5) is 28.3. The third-order valence-corrected chi connectivity index (χ3v) is 11.4. The number of nitrogens with one attached hydrogen (secondary N) is 3. The van der Waals surface area contributed by atoms with Crippen molar-refractivity contribution in [1.29, 1.82) is 5.26 Å². The van der Waals surface area contributed by atoms with Crippen LogP contribution in [0.2, 0.25) is 0 Å². The number of nitriles is 1. The summed E-state index contributed by atoms with van der Waals surface area (Å²) in [5.41, 5.74) is -0.303. The summed E-state index contributed by atoms with van der Waals surface area (Å²) in [5, 5.41) is 19.7. The number of ether oxygens (including phenoxy) is 1. The van der Waals surface area contributed by atoms with Crippen LogP contribution in [-0.4, -0.2) is 85.0 Å². The second-order valence-corrected chi connectivity index (χ2v) is 13.9. The van der Waals surface area contributed by atoms with Crippen molar-refractivity contribution in [2.24, 2.45) is 35.5 Å². The topological polar surface area (TPSA) is 106 Å². The highest BCUT2D eigenvalue weighted by molar-refractivity contribution is 8.00. The van der Waals surface area contributed by atoms with Crippen molar-refractivity contribution >= 4 is 23.6 Å². The summed E-state index contributed by atoms with van der Waals surface area (Å²) >= 11 is 1.56. The molecular formula is C28H42F3N5O3S. The van der Waals surface area contributed by atoms with E-state index in [1.807, 2.05) is 0 Å². The van der Waals surface area contributed by atoms with Crippen LogP contribution in [0.3, 0.4) is 0 Å². The number of amides is 2. The monoisotopic (exact) mass is 585 g/mol. The molecule has 0 spiro atoms. The molecule has 3 aliphatic heterocycles. The molecule has 12 atom stereocenters. The average molecular weight is 586 g/mol. The van der Waals surface area contributed by atoms with Crippen molar-refractivity contribution < 1.29 is 27.5 Å². The lowest BCUT2D eigenvalue weighted by Crippen LogP contribution is -2.55. The molecule has 3 saturated heterocycles. The van der Waals surface area contributed by atoms with Gasteiger partial charge in [0.05, 0.1) is 24.0 Å². The Balaban J connectivity index is 1.17. The van der Waals surface area contributed by atoms with Gasteiger partial charge in [-0.15, -0.1) is 11.8 Å². The van der Waals surface area contributed by atoms with Crippen LogP contribution in [0.1, 0.15) is 51.9 Å². The van der Waals surface area contributed by atoms with E-state index in [1.54, 1.807) is 23.8 Å². The molecule has 12 heteroatoms. The quantitative estimate of drug-likeness (QED) is 0.440. The first kappa shape index (κ1) is 29.9. The Morgan fingerprint density at radius 3 is 2.60 bits per heavy atom. The summed E-state index contributed by atoms with van der Waals surface area (Å²) in [6.07, 6.45) is -0.585. The van der Waals surface area contributed by atoms with Gasteiger partial charge in [0, 0.05) is 55.9 Å². The third-order valence-electron chi connectivity index (χ3n) is 10.0. The number of fused-ring (bicyclic) bond motifs is 1. The lowest BCUT2D eigenvalue weighted by molar-refractivity contribution is -0.140. The Bertz CT molecular complexity index is 958. The van der Waals surface area contributed by atoms with Crippen LogP contribution in [0, 0.1) is 46.8 Å². The van der Waals surface area contributed by atoms with Crippen molar-refractivity contribution in [2.45, 2.75) is 93.4 Å². The van der Waals surface area contributed by atoms with Crippen LogP contribution in [0.5, 0.6) is 0 Å². The average Bonchev–Trinajstić information content (AvgIpc) is 3.51. The third kappa shape index (κ3) is 6.27. The van der Waals surface area contributed by atoms with Gasteiger partial charge < -0.3 is 20.3 Å². The zero-order valence-electron chi connectivity index (χ0n) is 23.2. The molecule has 3 N–H and O–H groups in total. The number of alkyl halides is 3. The van der Waals surface area contributed by atoms with E-state index < -0.39 is 24.4 Å². The van der Waals surface area contributed by atoms with Crippen LogP contribution in [0.25, 0.3) is 0 Å². The molecule has 8 nitrogen and oxygen atoms in total. The van der Waals surface area contributed by atoms with E-state index >= 15 is 0 Å². The van der Waals surface area contributed by atoms with Crippen LogP contribution in [0.15, 0.2) is 0 Å². The lowest BCUT2D eigenvalue weighted by Gasteiger charge is -2.44. The molecule has 5 aliphatic rings. The fourth-order valence-corrected chi connectivity index (χ4v) is 9.20. The van der Waals surface area contributed by atoms with Crippen molar-refractivity contribution in [3.8, 4) is 6.07 Å².